The third-order valence-electron chi connectivity index (χ3n) is 2.98. The van der Waals surface area contributed by atoms with Crippen LogP contribution in [-0.2, 0) is 9.53 Å². The lowest BCUT2D eigenvalue weighted by Crippen LogP contribution is -1.97. The van der Waals surface area contributed by atoms with Gasteiger partial charge in [-0.25, -0.2) is 0 Å². The highest BCUT2D eigenvalue weighted by atomic mass is 16.5. The number of hydrogen-bond acceptors (Lipinski definition) is 2. The first-order valence-electron chi connectivity index (χ1n) is 7.94. The zero-order valence-corrected chi connectivity index (χ0v) is 13.6. The Labute approximate surface area is 130 Å². The van der Waals surface area contributed by atoms with E-state index in [0.29, 0.717) is 6.42 Å². The molecule has 0 aromatic rings. The number of ether oxygens (including phenoxy) is 1. The molecule has 0 bridgehead atoms. The standard InChI is InChI=1S/C19H30O2/c1-3-4-5-6-7-8-9-10-11-12-13-14-15-16-17-18-19(20)21-2/h3-4,7-8,11-12,15-16H,5-6,9-10,13-14,17-18H2,1-2H3. The van der Waals surface area contributed by atoms with E-state index in [1.165, 1.54) is 7.11 Å². The van der Waals surface area contributed by atoms with Crippen molar-refractivity contribution >= 4 is 5.97 Å². The van der Waals surface area contributed by atoms with Crippen molar-refractivity contribution in [3.8, 4) is 0 Å². The molecule has 0 atom stereocenters. The molecule has 2 heteroatoms. The van der Waals surface area contributed by atoms with Crippen molar-refractivity contribution in [3.05, 3.63) is 48.6 Å². The van der Waals surface area contributed by atoms with Gasteiger partial charge in [-0.2, -0.15) is 0 Å². The molecule has 0 unspecified atom stereocenters. The molecule has 0 saturated carbocycles. The molecule has 0 aliphatic heterocycles. The molecule has 0 aromatic carbocycles. The highest BCUT2D eigenvalue weighted by molar-refractivity contribution is 5.69. The average Bonchev–Trinajstić information content (AvgIpc) is 2.50. The fourth-order valence-corrected chi connectivity index (χ4v) is 1.75. The van der Waals surface area contributed by atoms with E-state index < -0.39 is 0 Å². The third kappa shape index (κ3) is 16.4. The van der Waals surface area contributed by atoms with E-state index in [1.54, 1.807) is 0 Å². The Hall–Kier alpha value is -1.57. The van der Waals surface area contributed by atoms with E-state index >= 15 is 0 Å². The van der Waals surface area contributed by atoms with E-state index in [9.17, 15) is 4.79 Å². The molecule has 0 amide bonds. The van der Waals surface area contributed by atoms with Gasteiger partial charge in [0.1, 0.15) is 0 Å². The quantitative estimate of drug-likeness (QED) is 0.268. The van der Waals surface area contributed by atoms with Gasteiger partial charge in [0.25, 0.3) is 0 Å². The van der Waals surface area contributed by atoms with Crippen LogP contribution in [0.2, 0.25) is 0 Å². The van der Waals surface area contributed by atoms with Gasteiger partial charge in [-0.05, 0) is 51.9 Å². The smallest absolute Gasteiger partial charge is 0.305 e. The van der Waals surface area contributed by atoms with E-state index in [2.05, 4.69) is 60.3 Å². The number of esters is 1. The summed E-state index contributed by atoms with van der Waals surface area (Å²) in [5.74, 6) is -0.140. The summed E-state index contributed by atoms with van der Waals surface area (Å²) in [6, 6.07) is 0. The monoisotopic (exact) mass is 290 g/mol. The van der Waals surface area contributed by atoms with E-state index in [0.717, 1.165) is 44.9 Å². The lowest BCUT2D eigenvalue weighted by Gasteiger charge is -1.93. The molecule has 0 saturated heterocycles. The first kappa shape index (κ1) is 19.4. The van der Waals surface area contributed by atoms with Crippen LogP contribution in [0.5, 0.6) is 0 Å². The number of rotatable bonds is 12. The highest BCUT2D eigenvalue weighted by Crippen LogP contribution is 2.01. The molecule has 0 rings (SSSR count). The zero-order valence-electron chi connectivity index (χ0n) is 13.6. The summed E-state index contributed by atoms with van der Waals surface area (Å²) in [6.45, 7) is 2.06. The van der Waals surface area contributed by atoms with E-state index in [1.807, 2.05) is 0 Å². The van der Waals surface area contributed by atoms with Crippen LogP contribution in [0.4, 0.5) is 0 Å². The SMILES string of the molecule is CC=CCCC=CCCC=CCCC=CCCC(=O)OC. The highest BCUT2D eigenvalue weighted by Gasteiger charge is 1.95. The van der Waals surface area contributed by atoms with Crippen LogP contribution >= 0.6 is 0 Å². The largest absolute Gasteiger partial charge is 0.469 e. The van der Waals surface area contributed by atoms with Crippen LogP contribution in [0, 0.1) is 0 Å². The fraction of sp³-hybridized carbons (Fsp3) is 0.526. The molecule has 0 heterocycles. The fourth-order valence-electron chi connectivity index (χ4n) is 1.75. The lowest BCUT2D eigenvalue weighted by molar-refractivity contribution is -0.140. The number of carbonyl (C=O) groups is 1. The van der Waals surface area contributed by atoms with Crippen LogP contribution in [0.15, 0.2) is 48.6 Å². The first-order chi connectivity index (χ1) is 10.3. The maximum absolute atomic E-state index is 10.9. The molecule has 2 nitrogen and oxygen atoms in total. The van der Waals surface area contributed by atoms with Crippen molar-refractivity contribution < 1.29 is 9.53 Å². The lowest BCUT2D eigenvalue weighted by atomic mass is 10.2. The minimum Gasteiger partial charge on any atom is -0.469 e. The van der Waals surface area contributed by atoms with Crippen LogP contribution in [-0.4, -0.2) is 13.1 Å². The maximum Gasteiger partial charge on any atom is 0.305 e. The predicted octanol–water partition coefficient (Wildman–Crippen LogP) is 5.52. The van der Waals surface area contributed by atoms with Crippen molar-refractivity contribution in [2.24, 2.45) is 0 Å². The van der Waals surface area contributed by atoms with Crippen molar-refractivity contribution in [3.63, 3.8) is 0 Å². The number of unbranched alkanes of at least 4 members (excludes halogenated alkanes) is 3. The zero-order chi connectivity index (χ0) is 15.6. The second-order valence-electron chi connectivity index (χ2n) is 4.83. The summed E-state index contributed by atoms with van der Waals surface area (Å²) in [5.41, 5.74) is 0. The molecular formula is C19H30O2. The van der Waals surface area contributed by atoms with Gasteiger partial charge in [0, 0.05) is 6.42 Å². The Balaban J connectivity index is 3.36. The topological polar surface area (TPSA) is 26.3 Å². The van der Waals surface area contributed by atoms with Crippen molar-refractivity contribution in [2.75, 3.05) is 7.11 Å². The van der Waals surface area contributed by atoms with Crippen LogP contribution in [0.25, 0.3) is 0 Å². The summed E-state index contributed by atoms with van der Waals surface area (Å²) in [7, 11) is 1.42. The summed E-state index contributed by atoms with van der Waals surface area (Å²) < 4.78 is 4.58. The summed E-state index contributed by atoms with van der Waals surface area (Å²) >= 11 is 0. The van der Waals surface area contributed by atoms with Crippen LogP contribution in [0.3, 0.4) is 0 Å². The molecule has 0 aliphatic rings. The number of allylic oxidation sites excluding steroid dienone is 8. The summed E-state index contributed by atoms with van der Waals surface area (Å²) in [4.78, 5) is 10.9. The van der Waals surface area contributed by atoms with Crippen molar-refractivity contribution in [1.82, 2.24) is 0 Å². The Morgan fingerprint density at radius 2 is 1.10 bits per heavy atom. The Bertz CT molecular complexity index is 349. The van der Waals surface area contributed by atoms with Gasteiger partial charge in [-0.1, -0.05) is 48.6 Å². The molecule has 0 fully saturated rings. The minimum atomic E-state index is -0.140. The van der Waals surface area contributed by atoms with Gasteiger partial charge in [-0.3, -0.25) is 4.79 Å². The van der Waals surface area contributed by atoms with Crippen molar-refractivity contribution in [2.45, 2.75) is 58.3 Å². The summed E-state index contributed by atoms with van der Waals surface area (Å²) in [5, 5.41) is 0. The maximum atomic E-state index is 10.9. The van der Waals surface area contributed by atoms with Gasteiger partial charge in [-0.15, -0.1) is 0 Å². The molecule has 0 spiro atoms. The molecule has 0 aromatic heterocycles. The van der Waals surface area contributed by atoms with Crippen LogP contribution < -0.4 is 0 Å². The first-order valence-corrected chi connectivity index (χ1v) is 7.94. The molecule has 21 heavy (non-hydrogen) atoms. The predicted molar refractivity (Wildman–Crippen MR) is 91.2 cm³/mol. The van der Waals surface area contributed by atoms with Crippen LogP contribution in [0.1, 0.15) is 58.3 Å². The van der Waals surface area contributed by atoms with E-state index in [4.69, 9.17) is 0 Å². The molecule has 0 radical (unpaired) electrons. The minimum absolute atomic E-state index is 0.140. The molecule has 0 N–H and O–H groups in total. The molecule has 0 aliphatic carbocycles. The van der Waals surface area contributed by atoms with Gasteiger partial charge < -0.3 is 4.74 Å². The van der Waals surface area contributed by atoms with Gasteiger partial charge in [0.05, 0.1) is 7.11 Å². The third-order valence-corrected chi connectivity index (χ3v) is 2.98. The van der Waals surface area contributed by atoms with Gasteiger partial charge >= 0.3 is 5.97 Å². The number of methoxy groups -OCH3 is 1. The van der Waals surface area contributed by atoms with Gasteiger partial charge in [0.15, 0.2) is 0 Å². The Morgan fingerprint density at radius 1 is 0.714 bits per heavy atom. The number of hydrogen-bond donors (Lipinski definition) is 0. The normalized spacial score (nSPS) is 12.3. The second-order valence-corrected chi connectivity index (χ2v) is 4.83. The second kappa shape index (κ2) is 16.5. The van der Waals surface area contributed by atoms with E-state index in [-0.39, 0.29) is 5.97 Å². The van der Waals surface area contributed by atoms with Gasteiger partial charge in [0.2, 0.25) is 0 Å². The Morgan fingerprint density at radius 3 is 1.48 bits per heavy atom. The average molecular weight is 290 g/mol. The molecular weight excluding hydrogens is 260 g/mol. The number of carbonyl (C=O) groups excluding carboxylic acids is 1. The molecule has 118 valence electrons. The summed E-state index contributed by atoms with van der Waals surface area (Å²) in [6.07, 6.45) is 25.4. The van der Waals surface area contributed by atoms with Crippen molar-refractivity contribution in [1.29, 1.82) is 0 Å². The Kier molecular flexibility index (Phi) is 15.3.